The number of carbonyl (C=O) groups is 10. The van der Waals surface area contributed by atoms with Gasteiger partial charge in [0.1, 0.15) is 104 Å². The van der Waals surface area contributed by atoms with Crippen LogP contribution in [0.15, 0.2) is 122 Å². The number of primary amides is 2. The monoisotopic (exact) mass is 2080 g/mol. The number of likely N-dealkylation sites (tertiary alicyclic amines) is 1. The zero-order valence-electron chi connectivity index (χ0n) is 88.0. The Kier molecular flexibility index (Phi) is 57.6. The predicted molar refractivity (Wildman–Crippen MR) is 543 cm³/mol. The van der Waals surface area contributed by atoms with Crippen molar-refractivity contribution in [2.24, 2.45) is 40.9 Å². The van der Waals surface area contributed by atoms with Crippen molar-refractivity contribution >= 4 is 65.5 Å². The fourth-order valence-electron chi connectivity index (χ4n) is 16.8. The van der Waals surface area contributed by atoms with Gasteiger partial charge in [0, 0.05) is 91.1 Å². The standard InChI is InChI=1S/C50H86N10O12.C33H46N4O12.C15H23NO6.C3H8.H2O/c1-15-33(9)44(37(71-14)26-40(63)60-25-17-18-35(60)28-70-13)58(11)48(67)42(30(4)5)57-47(66)43(31(6)7)59(12)50(69)72-27-32(8)20-21-34(10)54-45(64)36(19-16-24-53-49(52)68)55-46(65)41(29(2)3)56-39(62)23-22-38(51)61;1-6-7-8-9-14-20-23(19-13-11-10-12-18(19)4)35-36-37(20)30(43)28(42)29-24(34-17(2)3)21(38)15-33(49-29,32(44)45)47-16-22-25(39)26(40)27(41)31(46-5)48-22;1-8(16)14(9-5-3-2-4-6-9)22-15-13(20)12(19)11(18)10(7-17)21-15;1-3-2;/h20-21,29-31,33,35-37,41-44H,8,10,15-19,22-28H2,1-7,9,11-14H3,(H2,51,61)(H,54,64)(H,55,65)(H,56,62)(H,57,66)(H3,52,53,68);6-14,17,21-22,24-31,34,38-43H,1,15-16H2,2-5H3,(H,44,45);2-6,8,10-15,17-20H,7,16H2,1H3;3H2,1-2H3;1H2/b21-20-;8-7-,14-9+;;;. The summed E-state index contributed by atoms with van der Waals surface area (Å²) in [5.74, 6) is -9.18. The van der Waals surface area contributed by atoms with Crippen LogP contribution in [0.25, 0.3) is 17.3 Å². The number of allylic oxidation sites excluding steroid dienone is 5. The fraction of sp³-hybridized carbons (Fsp3) is 0.644. The fourth-order valence-corrected chi connectivity index (χ4v) is 16.8. The molecule has 4 aliphatic rings. The zero-order valence-corrected chi connectivity index (χ0v) is 88.0. The highest BCUT2D eigenvalue weighted by atomic mass is 16.7. The van der Waals surface area contributed by atoms with Crippen LogP contribution in [0.4, 0.5) is 9.59 Å². The van der Waals surface area contributed by atoms with Gasteiger partial charge in [-0.05, 0) is 92.1 Å². The Morgan fingerprint density at radius 3 is 1.89 bits per heavy atom. The molecule has 3 aromatic rings. The number of urea groups is 1. The first-order valence-corrected chi connectivity index (χ1v) is 49.2. The van der Waals surface area contributed by atoms with E-state index in [2.05, 4.69) is 75.8 Å². The first-order valence-electron chi connectivity index (χ1n) is 49.2. The molecule has 46 heteroatoms. The molecule has 5 heterocycles. The molecule has 25 N–H and O–H groups in total. The van der Waals surface area contributed by atoms with Crippen molar-refractivity contribution in [3.8, 4) is 11.3 Å². The van der Waals surface area contributed by atoms with Gasteiger partial charge in [-0.1, -0.05) is 206 Å². The molecule has 0 saturated carbocycles. The Morgan fingerprint density at radius 2 is 1.34 bits per heavy atom. The van der Waals surface area contributed by atoms with Crippen molar-refractivity contribution in [1.82, 2.24) is 61.6 Å². The third kappa shape index (κ3) is 39.1. The predicted octanol–water partition coefficient (Wildman–Crippen LogP) is 1.33. The summed E-state index contributed by atoms with van der Waals surface area (Å²) in [6, 6.07) is 9.23. The summed E-state index contributed by atoms with van der Waals surface area (Å²) in [4.78, 5) is 135. The lowest BCUT2D eigenvalue weighted by Crippen LogP contribution is -2.68. The van der Waals surface area contributed by atoms with Gasteiger partial charge in [0.2, 0.25) is 41.4 Å². The van der Waals surface area contributed by atoms with E-state index in [1.807, 2.05) is 94.1 Å². The first kappa shape index (κ1) is 131. The van der Waals surface area contributed by atoms with Gasteiger partial charge in [-0.15, -0.1) is 5.10 Å². The van der Waals surface area contributed by atoms with Crippen LogP contribution in [0.2, 0.25) is 0 Å². The van der Waals surface area contributed by atoms with E-state index in [1.165, 1.54) is 39.8 Å². The molecule has 830 valence electrons. The average Bonchev–Trinajstić information content (AvgIpc) is 1.57. The third-order valence-corrected chi connectivity index (χ3v) is 24.8. The van der Waals surface area contributed by atoms with E-state index in [0.717, 1.165) is 33.6 Å². The molecule has 147 heavy (non-hydrogen) atoms. The number of aliphatic hydroxyl groups is 10. The number of aliphatic carboxylic acids is 1. The van der Waals surface area contributed by atoms with Gasteiger partial charge < -0.3 is 163 Å². The van der Waals surface area contributed by atoms with Crippen molar-refractivity contribution in [2.75, 3.05) is 74.9 Å². The van der Waals surface area contributed by atoms with E-state index in [4.69, 9.17) is 59.8 Å². The number of hydrogen-bond acceptors (Lipinski definition) is 33. The molecular formula is C101H165N15O31. The van der Waals surface area contributed by atoms with Crippen LogP contribution in [0.3, 0.4) is 0 Å². The van der Waals surface area contributed by atoms with Gasteiger partial charge in [0.15, 0.2) is 18.8 Å². The summed E-state index contributed by atoms with van der Waals surface area (Å²) < 4.78 is 51.1. The number of nitrogens with zero attached hydrogens (tertiary/aromatic N) is 6. The molecule has 26 atom stereocenters. The minimum absolute atomic E-state index is 0. The van der Waals surface area contributed by atoms with Gasteiger partial charge in [0.05, 0.1) is 62.3 Å². The molecule has 46 nitrogen and oxygen atoms in total. The van der Waals surface area contributed by atoms with Crippen molar-refractivity contribution in [3.63, 3.8) is 0 Å². The normalized spacial score (nSPS) is 24.1. The van der Waals surface area contributed by atoms with Crippen molar-refractivity contribution in [3.05, 3.63) is 139 Å². The van der Waals surface area contributed by atoms with Crippen molar-refractivity contribution in [1.29, 1.82) is 0 Å². The van der Waals surface area contributed by atoms with E-state index >= 15 is 0 Å². The molecule has 0 bridgehead atoms. The molecule has 0 spiro atoms. The lowest BCUT2D eigenvalue weighted by Gasteiger charge is -2.48. The van der Waals surface area contributed by atoms with Gasteiger partial charge in [-0.25, -0.2) is 19.1 Å². The number of aromatic nitrogens is 3. The van der Waals surface area contributed by atoms with E-state index in [0.29, 0.717) is 36.5 Å². The number of amides is 10. The maximum atomic E-state index is 14.4. The molecule has 26 unspecified atom stereocenters. The van der Waals surface area contributed by atoms with Crippen LogP contribution in [0.1, 0.15) is 183 Å². The number of carboxylic acid groups (broad SMARTS) is 1. The number of aliphatic hydroxyl groups excluding tert-OH is 10. The Hall–Kier alpha value is -10.5. The van der Waals surface area contributed by atoms with Gasteiger partial charge in [0.25, 0.3) is 5.79 Å². The molecule has 4 aliphatic heterocycles. The third-order valence-electron chi connectivity index (χ3n) is 24.8. The maximum Gasteiger partial charge on any atom is 0.410 e. The SMILES string of the molecule is C=C(/C=C\C(=C)NC(=O)C(CCCNC(N)=O)NC(=O)C(NC(=O)CCC(N)=O)C(C)C)COC(=O)N(C)C(C(=O)NC(C(=O)N(C)C(C(C)CC)C(CC(=O)N1CCCC1COC)OC)C(C)C)C(C)C.C=C/C=C\C=C\c1c(-c2ccccc2C)nnn1C(O)C(O)C1OC(OCC2OC(OC)C(O)C(O)C2O)(C(=O)O)CC(O)C1NC(C)C.CC(N)C(OC1OC(CO)C(O)C(O)C1O)c1ccccc1.CCC.O. The van der Waals surface area contributed by atoms with Crippen LogP contribution in [0.5, 0.6) is 0 Å². The second-order valence-electron chi connectivity index (χ2n) is 38.0. The lowest BCUT2D eigenvalue weighted by molar-refractivity contribution is -0.338. The summed E-state index contributed by atoms with van der Waals surface area (Å²) in [6.07, 6.45) is -9.26. The summed E-state index contributed by atoms with van der Waals surface area (Å²) in [5.41, 5.74) is 19.7. The van der Waals surface area contributed by atoms with Crippen molar-refractivity contribution < 1.29 is 152 Å². The van der Waals surface area contributed by atoms with E-state index in [9.17, 15) is 104 Å². The second kappa shape index (κ2) is 64.8. The molecule has 1 aromatic heterocycles. The highest BCUT2D eigenvalue weighted by Gasteiger charge is 2.58. The number of carboxylic acids is 1. The van der Waals surface area contributed by atoms with E-state index < -0.39 is 225 Å². The van der Waals surface area contributed by atoms with Crippen LogP contribution in [-0.4, -0.2) is 372 Å². The number of ether oxygens (including phenoxy) is 9. The van der Waals surface area contributed by atoms with Crippen LogP contribution >= 0.6 is 0 Å². The maximum absolute atomic E-state index is 14.4. The number of carbonyl (C=O) groups excluding carboxylic acids is 9. The number of hydrogen-bond donors (Lipinski definition) is 20. The van der Waals surface area contributed by atoms with Crippen LogP contribution < -0.4 is 49.1 Å². The molecule has 0 radical (unpaired) electrons. The minimum Gasteiger partial charge on any atom is -0.477 e. The smallest absolute Gasteiger partial charge is 0.410 e. The van der Waals surface area contributed by atoms with Gasteiger partial charge in [-0.3, -0.25) is 38.5 Å². The minimum atomic E-state index is -2.63. The van der Waals surface area contributed by atoms with Gasteiger partial charge in [-0.2, -0.15) is 0 Å². The molecule has 4 saturated heterocycles. The molecule has 0 aliphatic carbocycles. The molecule has 2 aromatic carbocycles. The molecule has 10 amide bonds. The summed E-state index contributed by atoms with van der Waals surface area (Å²) >= 11 is 0. The Morgan fingerprint density at radius 1 is 0.728 bits per heavy atom. The number of nitrogens with two attached hydrogens (primary N) is 3. The summed E-state index contributed by atoms with van der Waals surface area (Å²) in [6.45, 7) is 37.0. The molecule has 4 fully saturated rings. The lowest BCUT2D eigenvalue weighted by atomic mass is 9.89. The molecular weight excluding hydrogens is 1920 g/mol. The van der Waals surface area contributed by atoms with E-state index in [-0.39, 0.29) is 97.7 Å². The highest BCUT2D eigenvalue weighted by Crippen LogP contribution is 2.39. The number of nitrogens with one attached hydrogen (secondary N) is 6. The Balaban J connectivity index is 0.000000629. The van der Waals surface area contributed by atoms with Crippen LogP contribution in [-0.2, 0) is 81.0 Å². The number of methoxy groups -OCH3 is 3. The zero-order chi connectivity index (χ0) is 110. The summed E-state index contributed by atoms with van der Waals surface area (Å²) in [7, 11) is 7.42. The number of rotatable bonds is 51. The van der Waals surface area contributed by atoms with Crippen LogP contribution in [0, 0.1) is 30.6 Å². The number of likely N-dealkylation sites (N-methyl/N-ethyl adjacent to an activating group) is 2. The first-order chi connectivity index (χ1) is 68.8. The Bertz CT molecular complexity index is 4700. The average molecular weight is 2090 g/mol. The Labute approximate surface area is 860 Å². The van der Waals surface area contributed by atoms with Crippen molar-refractivity contribution in [2.45, 2.75) is 319 Å². The summed E-state index contributed by atoms with van der Waals surface area (Å²) in [5, 5.41) is 139. The largest absolute Gasteiger partial charge is 0.477 e. The highest BCUT2D eigenvalue weighted by molar-refractivity contribution is 5.94. The molecule has 7 rings (SSSR count). The topological polar surface area (TPSA) is 698 Å². The quantitative estimate of drug-likeness (QED) is 0.0280. The van der Waals surface area contributed by atoms with E-state index in [1.54, 1.807) is 97.9 Å². The number of benzene rings is 2. The number of aryl methyl sites for hydroxylation is 1. The second-order valence-corrected chi connectivity index (χ2v) is 38.0. The van der Waals surface area contributed by atoms with Gasteiger partial charge >= 0.3 is 18.1 Å².